The number of carbonyl (C=O) groups excluding carboxylic acids is 1. The molecule has 5 nitrogen and oxygen atoms in total. The molecule has 0 aliphatic carbocycles. The third-order valence-corrected chi connectivity index (χ3v) is 7.13. The van der Waals surface area contributed by atoms with E-state index in [4.69, 9.17) is 23.2 Å². The zero-order chi connectivity index (χ0) is 20.3. The van der Waals surface area contributed by atoms with Crippen molar-refractivity contribution in [2.24, 2.45) is 5.92 Å². The lowest BCUT2D eigenvalue weighted by atomic mass is 9.97. The first kappa shape index (κ1) is 21.0. The minimum absolute atomic E-state index is 0.0354. The summed E-state index contributed by atoms with van der Waals surface area (Å²) in [5.74, 6) is -1.59. The molecule has 0 bridgehead atoms. The summed E-state index contributed by atoms with van der Waals surface area (Å²) in [4.78, 5) is 12.4. The zero-order valence-electron chi connectivity index (χ0n) is 14.9. The maximum atomic E-state index is 13.9. The normalized spacial score (nSPS) is 16.1. The van der Waals surface area contributed by atoms with Gasteiger partial charge in [-0.3, -0.25) is 4.79 Å². The Balaban J connectivity index is 1.59. The van der Waals surface area contributed by atoms with Crippen molar-refractivity contribution >= 4 is 44.8 Å². The van der Waals surface area contributed by atoms with Gasteiger partial charge in [-0.05, 0) is 49.2 Å². The Morgan fingerprint density at radius 1 is 1.11 bits per heavy atom. The number of benzene rings is 2. The Bertz CT molecular complexity index is 939. The van der Waals surface area contributed by atoms with Crippen LogP contribution in [0.4, 0.5) is 10.1 Å². The first-order valence-electron chi connectivity index (χ1n) is 8.73. The molecule has 9 heteroatoms. The molecule has 1 aliphatic rings. The Kier molecular flexibility index (Phi) is 6.60. The minimum Gasteiger partial charge on any atom is -0.326 e. The van der Waals surface area contributed by atoms with Gasteiger partial charge in [0.15, 0.2) is 0 Å². The molecule has 150 valence electrons. The highest BCUT2D eigenvalue weighted by Gasteiger charge is 2.32. The molecule has 0 saturated carbocycles. The molecule has 1 amide bonds. The summed E-state index contributed by atoms with van der Waals surface area (Å²) in [5, 5.41) is 3.47. The third kappa shape index (κ3) is 5.03. The van der Waals surface area contributed by atoms with E-state index >= 15 is 0 Å². The van der Waals surface area contributed by atoms with Crippen LogP contribution in [0.2, 0.25) is 10.0 Å². The van der Waals surface area contributed by atoms with E-state index in [1.807, 2.05) is 0 Å². The Morgan fingerprint density at radius 2 is 1.75 bits per heavy atom. The maximum Gasteiger partial charge on any atom is 0.227 e. The molecule has 2 aromatic carbocycles. The Morgan fingerprint density at radius 3 is 2.36 bits per heavy atom. The van der Waals surface area contributed by atoms with E-state index in [-0.39, 0.29) is 35.5 Å². The molecule has 1 saturated heterocycles. The molecule has 1 heterocycles. The molecule has 1 N–H and O–H groups in total. The van der Waals surface area contributed by atoms with Crippen molar-refractivity contribution in [3.63, 3.8) is 0 Å². The van der Waals surface area contributed by atoms with E-state index < -0.39 is 21.6 Å². The van der Waals surface area contributed by atoms with Crippen molar-refractivity contribution in [2.75, 3.05) is 18.4 Å². The Labute approximate surface area is 173 Å². The number of anilines is 1. The van der Waals surface area contributed by atoms with E-state index in [0.717, 1.165) is 0 Å². The highest BCUT2D eigenvalue weighted by Crippen LogP contribution is 2.26. The lowest BCUT2D eigenvalue weighted by Gasteiger charge is -2.30. The molecule has 0 aromatic heterocycles. The number of carbonyl (C=O) groups is 1. The van der Waals surface area contributed by atoms with Gasteiger partial charge in [0.2, 0.25) is 15.9 Å². The minimum atomic E-state index is -3.73. The molecule has 0 unspecified atom stereocenters. The third-order valence-electron chi connectivity index (χ3n) is 4.72. The van der Waals surface area contributed by atoms with Crippen molar-refractivity contribution in [3.8, 4) is 0 Å². The number of piperidine rings is 1. The highest BCUT2D eigenvalue weighted by molar-refractivity contribution is 7.88. The van der Waals surface area contributed by atoms with E-state index in [9.17, 15) is 17.6 Å². The summed E-state index contributed by atoms with van der Waals surface area (Å²) in [6, 6.07) is 10.8. The summed E-state index contributed by atoms with van der Waals surface area (Å²) < 4.78 is 40.5. The number of rotatable bonds is 5. The van der Waals surface area contributed by atoms with Crippen LogP contribution in [0, 0.1) is 11.7 Å². The number of amides is 1. The maximum absolute atomic E-state index is 13.9. The van der Waals surface area contributed by atoms with E-state index in [1.165, 1.54) is 22.5 Å². The van der Waals surface area contributed by atoms with Crippen LogP contribution in [-0.2, 0) is 20.6 Å². The molecule has 1 aliphatic heterocycles. The van der Waals surface area contributed by atoms with Crippen LogP contribution in [0.5, 0.6) is 0 Å². The predicted molar refractivity (Wildman–Crippen MR) is 108 cm³/mol. The summed E-state index contributed by atoms with van der Waals surface area (Å²) in [7, 11) is -3.73. The number of sulfonamides is 1. The van der Waals surface area contributed by atoms with Gasteiger partial charge in [0, 0.05) is 40.3 Å². The smallest absolute Gasteiger partial charge is 0.227 e. The molecule has 0 atom stereocenters. The second-order valence-electron chi connectivity index (χ2n) is 6.63. The van der Waals surface area contributed by atoms with Gasteiger partial charge in [-0.1, -0.05) is 29.3 Å². The molecule has 3 rings (SSSR count). The van der Waals surface area contributed by atoms with Gasteiger partial charge in [0.25, 0.3) is 0 Å². The van der Waals surface area contributed by atoms with Crippen molar-refractivity contribution < 1.29 is 17.6 Å². The fourth-order valence-electron chi connectivity index (χ4n) is 3.12. The fourth-order valence-corrected chi connectivity index (χ4v) is 5.16. The largest absolute Gasteiger partial charge is 0.326 e. The van der Waals surface area contributed by atoms with Crippen LogP contribution >= 0.6 is 23.2 Å². The number of halogens is 3. The van der Waals surface area contributed by atoms with Gasteiger partial charge in [-0.25, -0.2) is 17.1 Å². The summed E-state index contributed by atoms with van der Waals surface area (Å²) in [5.41, 5.74) is 0.602. The van der Waals surface area contributed by atoms with Crippen molar-refractivity contribution in [2.45, 2.75) is 18.6 Å². The number of hydrogen-bond donors (Lipinski definition) is 1. The van der Waals surface area contributed by atoms with Gasteiger partial charge in [-0.15, -0.1) is 0 Å². The molecule has 0 spiro atoms. The first-order valence-corrected chi connectivity index (χ1v) is 11.1. The van der Waals surface area contributed by atoms with Crippen LogP contribution in [0.1, 0.15) is 18.4 Å². The summed E-state index contributed by atoms with van der Waals surface area (Å²) >= 11 is 11.8. The number of nitrogens with one attached hydrogen (secondary N) is 1. The van der Waals surface area contributed by atoms with Crippen LogP contribution in [-0.4, -0.2) is 31.7 Å². The molecule has 28 heavy (non-hydrogen) atoms. The number of hydrogen-bond acceptors (Lipinski definition) is 3. The van der Waals surface area contributed by atoms with Crippen LogP contribution < -0.4 is 5.32 Å². The molecular formula is C19H19Cl2FN2O3S. The summed E-state index contributed by atoms with van der Waals surface area (Å²) in [6.45, 7) is 0.403. The number of nitrogens with zero attached hydrogens (tertiary/aromatic N) is 1. The average Bonchev–Trinajstić information content (AvgIpc) is 2.67. The zero-order valence-corrected chi connectivity index (χ0v) is 17.2. The SMILES string of the molecule is O=C(Nc1ccc(Cl)cc1)C1CCN(S(=O)(=O)Cc2c(F)cccc2Cl)CC1. The predicted octanol–water partition coefficient (Wildman–Crippen LogP) is 4.31. The molecule has 0 radical (unpaired) electrons. The standard InChI is InChI=1S/C19H19Cl2FN2O3S/c20-14-4-6-15(7-5-14)23-19(25)13-8-10-24(11-9-13)28(26,27)12-16-17(21)2-1-3-18(16)22/h1-7,13H,8-12H2,(H,23,25). The van der Waals surface area contributed by atoms with Crippen molar-refractivity contribution in [3.05, 3.63) is 63.9 Å². The second-order valence-corrected chi connectivity index (χ2v) is 9.44. The second kappa shape index (κ2) is 8.78. The van der Waals surface area contributed by atoms with Crippen molar-refractivity contribution in [1.82, 2.24) is 4.31 Å². The topological polar surface area (TPSA) is 66.5 Å². The lowest BCUT2D eigenvalue weighted by Crippen LogP contribution is -2.42. The van der Waals surface area contributed by atoms with Crippen LogP contribution in [0.15, 0.2) is 42.5 Å². The van der Waals surface area contributed by atoms with E-state index in [2.05, 4.69) is 5.32 Å². The average molecular weight is 445 g/mol. The van der Waals surface area contributed by atoms with Crippen LogP contribution in [0.25, 0.3) is 0 Å². The molecule has 2 aromatic rings. The quantitative estimate of drug-likeness (QED) is 0.746. The lowest BCUT2D eigenvalue weighted by molar-refractivity contribution is -0.120. The van der Waals surface area contributed by atoms with E-state index in [1.54, 1.807) is 24.3 Å². The molecular weight excluding hydrogens is 426 g/mol. The molecule has 1 fully saturated rings. The Hall–Kier alpha value is -1.67. The van der Waals surface area contributed by atoms with Gasteiger partial charge >= 0.3 is 0 Å². The van der Waals surface area contributed by atoms with Gasteiger partial charge < -0.3 is 5.32 Å². The van der Waals surface area contributed by atoms with Crippen LogP contribution in [0.3, 0.4) is 0 Å². The van der Waals surface area contributed by atoms with Gasteiger partial charge in [0.1, 0.15) is 5.82 Å². The monoisotopic (exact) mass is 444 g/mol. The fraction of sp³-hybridized carbons (Fsp3) is 0.316. The van der Waals surface area contributed by atoms with Crippen molar-refractivity contribution in [1.29, 1.82) is 0 Å². The summed E-state index contributed by atoms with van der Waals surface area (Å²) in [6.07, 6.45) is 0.785. The van der Waals surface area contributed by atoms with Gasteiger partial charge in [0.05, 0.1) is 5.75 Å². The van der Waals surface area contributed by atoms with Gasteiger partial charge in [-0.2, -0.15) is 0 Å². The van der Waals surface area contributed by atoms with E-state index in [0.29, 0.717) is 23.6 Å². The highest BCUT2D eigenvalue weighted by atomic mass is 35.5. The first-order chi connectivity index (χ1) is 13.3.